The molecule has 0 atom stereocenters. The lowest BCUT2D eigenvalue weighted by Gasteiger charge is -2.06. The molecule has 0 saturated heterocycles. The zero-order chi connectivity index (χ0) is 15.8. The average Bonchev–Trinajstić information content (AvgIpc) is 3.05. The van der Waals surface area contributed by atoms with E-state index >= 15 is 0 Å². The third kappa shape index (κ3) is 5.33. The summed E-state index contributed by atoms with van der Waals surface area (Å²) in [7, 11) is 0. The van der Waals surface area contributed by atoms with Gasteiger partial charge in [0.15, 0.2) is 0 Å². The van der Waals surface area contributed by atoms with Gasteiger partial charge in [-0.15, -0.1) is 11.3 Å². The molecule has 0 fully saturated rings. The van der Waals surface area contributed by atoms with Gasteiger partial charge in [0.25, 0.3) is 5.91 Å². The van der Waals surface area contributed by atoms with E-state index in [2.05, 4.69) is 10.6 Å². The van der Waals surface area contributed by atoms with E-state index in [0.29, 0.717) is 30.8 Å². The number of aryl methyl sites for hydroxylation is 1. The van der Waals surface area contributed by atoms with Crippen LogP contribution in [0.5, 0.6) is 0 Å². The van der Waals surface area contributed by atoms with Crippen LogP contribution >= 0.6 is 11.3 Å². The predicted molar refractivity (Wildman–Crippen MR) is 88.9 cm³/mol. The van der Waals surface area contributed by atoms with Crippen LogP contribution in [0.2, 0.25) is 0 Å². The van der Waals surface area contributed by atoms with Gasteiger partial charge >= 0.3 is 0 Å². The fourth-order valence-corrected chi connectivity index (χ4v) is 2.58. The van der Waals surface area contributed by atoms with Gasteiger partial charge < -0.3 is 10.6 Å². The first-order valence-corrected chi connectivity index (χ1v) is 8.17. The van der Waals surface area contributed by atoms with Crippen molar-refractivity contribution in [1.29, 1.82) is 0 Å². The standard InChI is InChI=1S/C17H20N2O2S/c1-13-6-8-14(9-7-13)12-19-16(20)5-2-10-18-17(21)15-4-3-11-22-15/h3-4,6-9,11H,2,5,10,12H2,1H3,(H,18,21)(H,19,20). The number of benzene rings is 1. The van der Waals surface area contributed by atoms with Crippen molar-refractivity contribution in [2.75, 3.05) is 6.54 Å². The van der Waals surface area contributed by atoms with E-state index in [9.17, 15) is 9.59 Å². The van der Waals surface area contributed by atoms with Gasteiger partial charge in [-0.1, -0.05) is 35.9 Å². The van der Waals surface area contributed by atoms with E-state index in [4.69, 9.17) is 0 Å². The topological polar surface area (TPSA) is 58.2 Å². The van der Waals surface area contributed by atoms with Crippen LogP contribution < -0.4 is 10.6 Å². The Labute approximate surface area is 134 Å². The van der Waals surface area contributed by atoms with Gasteiger partial charge in [-0.05, 0) is 30.4 Å². The molecular formula is C17H20N2O2S. The van der Waals surface area contributed by atoms with Crippen molar-refractivity contribution in [3.8, 4) is 0 Å². The van der Waals surface area contributed by atoms with Gasteiger partial charge in [-0.2, -0.15) is 0 Å². The molecule has 0 bridgehead atoms. The molecule has 0 saturated carbocycles. The van der Waals surface area contributed by atoms with Crippen molar-refractivity contribution in [3.63, 3.8) is 0 Å². The monoisotopic (exact) mass is 316 g/mol. The number of hydrogen-bond acceptors (Lipinski definition) is 3. The summed E-state index contributed by atoms with van der Waals surface area (Å²) in [5.41, 5.74) is 2.29. The zero-order valence-electron chi connectivity index (χ0n) is 12.6. The van der Waals surface area contributed by atoms with E-state index in [1.54, 1.807) is 6.07 Å². The van der Waals surface area contributed by atoms with Crippen molar-refractivity contribution >= 4 is 23.2 Å². The quantitative estimate of drug-likeness (QED) is 0.772. The van der Waals surface area contributed by atoms with Gasteiger partial charge in [0.1, 0.15) is 0 Å². The van der Waals surface area contributed by atoms with Gasteiger partial charge in [-0.25, -0.2) is 0 Å². The highest BCUT2D eigenvalue weighted by molar-refractivity contribution is 7.12. The summed E-state index contributed by atoms with van der Waals surface area (Å²) in [4.78, 5) is 24.1. The first-order chi connectivity index (χ1) is 10.6. The van der Waals surface area contributed by atoms with Crippen molar-refractivity contribution in [1.82, 2.24) is 10.6 Å². The van der Waals surface area contributed by atoms with Crippen LogP contribution in [0, 0.1) is 6.92 Å². The van der Waals surface area contributed by atoms with Crippen LogP contribution in [-0.4, -0.2) is 18.4 Å². The Morgan fingerprint density at radius 2 is 1.86 bits per heavy atom. The molecule has 2 rings (SSSR count). The maximum Gasteiger partial charge on any atom is 0.261 e. The maximum atomic E-state index is 11.7. The van der Waals surface area contributed by atoms with Crippen molar-refractivity contribution in [2.45, 2.75) is 26.3 Å². The highest BCUT2D eigenvalue weighted by Crippen LogP contribution is 2.07. The molecule has 1 aromatic carbocycles. The van der Waals surface area contributed by atoms with E-state index in [1.165, 1.54) is 16.9 Å². The highest BCUT2D eigenvalue weighted by atomic mass is 32.1. The number of rotatable bonds is 7. The zero-order valence-corrected chi connectivity index (χ0v) is 13.4. The lowest BCUT2D eigenvalue weighted by Crippen LogP contribution is -2.26. The van der Waals surface area contributed by atoms with E-state index in [1.807, 2.05) is 42.6 Å². The number of thiophene rings is 1. The number of nitrogens with one attached hydrogen (secondary N) is 2. The van der Waals surface area contributed by atoms with E-state index in [-0.39, 0.29) is 11.8 Å². The summed E-state index contributed by atoms with van der Waals surface area (Å²) in [5, 5.41) is 7.56. The second kappa shape index (κ2) is 8.34. The Balaban J connectivity index is 1.59. The van der Waals surface area contributed by atoms with Crippen molar-refractivity contribution in [3.05, 3.63) is 57.8 Å². The van der Waals surface area contributed by atoms with Gasteiger partial charge in [0.05, 0.1) is 4.88 Å². The minimum atomic E-state index is -0.0740. The lowest BCUT2D eigenvalue weighted by molar-refractivity contribution is -0.121. The number of hydrogen-bond donors (Lipinski definition) is 2. The summed E-state index contributed by atoms with van der Waals surface area (Å²) in [6, 6.07) is 11.7. The molecule has 2 amide bonds. The Bertz CT molecular complexity index is 606. The SMILES string of the molecule is Cc1ccc(CNC(=O)CCCNC(=O)c2cccs2)cc1. The first-order valence-electron chi connectivity index (χ1n) is 7.29. The van der Waals surface area contributed by atoms with E-state index in [0.717, 1.165) is 5.56 Å². The van der Waals surface area contributed by atoms with Gasteiger partial charge in [-0.3, -0.25) is 9.59 Å². The Morgan fingerprint density at radius 1 is 1.09 bits per heavy atom. The molecule has 0 spiro atoms. The molecule has 22 heavy (non-hydrogen) atoms. The lowest BCUT2D eigenvalue weighted by atomic mass is 10.1. The van der Waals surface area contributed by atoms with Crippen LogP contribution in [-0.2, 0) is 11.3 Å². The fraction of sp³-hybridized carbons (Fsp3) is 0.294. The van der Waals surface area contributed by atoms with Gasteiger partial charge in [0, 0.05) is 19.5 Å². The third-order valence-electron chi connectivity index (χ3n) is 3.22. The maximum absolute atomic E-state index is 11.7. The molecule has 5 heteroatoms. The highest BCUT2D eigenvalue weighted by Gasteiger charge is 2.06. The molecule has 0 aliphatic carbocycles. The number of amides is 2. The van der Waals surface area contributed by atoms with Crippen LogP contribution in [0.4, 0.5) is 0 Å². The molecule has 0 radical (unpaired) electrons. The molecule has 2 aromatic rings. The van der Waals surface area contributed by atoms with Crippen LogP contribution in [0.3, 0.4) is 0 Å². The second-order valence-corrected chi connectivity index (χ2v) is 6.05. The smallest absolute Gasteiger partial charge is 0.261 e. The van der Waals surface area contributed by atoms with Gasteiger partial charge in [0.2, 0.25) is 5.91 Å². The predicted octanol–water partition coefficient (Wildman–Crippen LogP) is 2.88. The largest absolute Gasteiger partial charge is 0.352 e. The van der Waals surface area contributed by atoms with Crippen molar-refractivity contribution in [2.24, 2.45) is 0 Å². The second-order valence-electron chi connectivity index (χ2n) is 5.10. The molecule has 1 heterocycles. The average molecular weight is 316 g/mol. The molecule has 116 valence electrons. The minimum absolute atomic E-state index is 0.00551. The van der Waals surface area contributed by atoms with Crippen LogP contribution in [0.15, 0.2) is 41.8 Å². The van der Waals surface area contributed by atoms with E-state index < -0.39 is 0 Å². The molecule has 2 N–H and O–H groups in total. The number of carbonyl (C=O) groups excluding carboxylic acids is 2. The molecular weight excluding hydrogens is 296 g/mol. The molecule has 0 aliphatic rings. The minimum Gasteiger partial charge on any atom is -0.352 e. The first kappa shape index (κ1) is 16.2. The summed E-state index contributed by atoms with van der Waals surface area (Å²) >= 11 is 1.41. The summed E-state index contributed by atoms with van der Waals surface area (Å²) in [6.07, 6.45) is 1.05. The summed E-state index contributed by atoms with van der Waals surface area (Å²) in [6.45, 7) is 3.09. The summed E-state index contributed by atoms with van der Waals surface area (Å²) < 4.78 is 0. The Hall–Kier alpha value is -2.14. The third-order valence-corrected chi connectivity index (χ3v) is 4.09. The normalized spacial score (nSPS) is 10.2. The molecule has 1 aromatic heterocycles. The Morgan fingerprint density at radius 3 is 2.55 bits per heavy atom. The van der Waals surface area contributed by atoms with Crippen LogP contribution in [0.1, 0.15) is 33.6 Å². The number of carbonyl (C=O) groups is 2. The summed E-state index contributed by atoms with van der Waals surface area (Å²) in [5.74, 6) is -0.0685. The molecule has 0 aliphatic heterocycles. The molecule has 4 nitrogen and oxygen atoms in total. The fourth-order valence-electron chi connectivity index (χ4n) is 1.94. The van der Waals surface area contributed by atoms with Crippen LogP contribution in [0.25, 0.3) is 0 Å². The Kier molecular flexibility index (Phi) is 6.15. The molecule has 0 unspecified atom stereocenters. The van der Waals surface area contributed by atoms with Crippen molar-refractivity contribution < 1.29 is 9.59 Å².